The maximum Gasteiger partial charge on any atom is 0.335 e. The van der Waals surface area contributed by atoms with Gasteiger partial charge in [0.25, 0.3) is 0 Å². The van der Waals surface area contributed by atoms with Crippen LogP contribution in [0, 0.1) is 0 Å². The van der Waals surface area contributed by atoms with E-state index in [4.69, 9.17) is 5.11 Å². The van der Waals surface area contributed by atoms with Crippen LogP contribution in [-0.2, 0) is 4.79 Å². The highest BCUT2D eigenvalue weighted by Crippen LogP contribution is 2.28. The normalized spacial score (nSPS) is 14.6. The minimum absolute atomic E-state index is 0.0146. The lowest BCUT2D eigenvalue weighted by Crippen LogP contribution is -2.37. The van der Waals surface area contributed by atoms with Crippen LogP contribution in [0.25, 0.3) is 0 Å². The number of halogens is 2. The summed E-state index contributed by atoms with van der Waals surface area (Å²) < 4.78 is 27.5. The molecule has 0 bridgehead atoms. The first kappa shape index (κ1) is 26.0. The van der Waals surface area contributed by atoms with Gasteiger partial charge in [-0.2, -0.15) is 0 Å². The van der Waals surface area contributed by atoms with Crippen LogP contribution < -0.4 is 0 Å². The van der Waals surface area contributed by atoms with Gasteiger partial charge in [-0.15, -0.1) is 0 Å². The third-order valence-corrected chi connectivity index (χ3v) is 4.99. The summed E-state index contributed by atoms with van der Waals surface area (Å²) in [5, 5.41) is 19.1. The number of carboxylic acids is 1. The molecule has 0 radical (unpaired) electrons. The number of carbonyl (C=O) groups is 1. The average Bonchev–Trinajstić information content (AvgIpc) is 2.60. The minimum atomic E-state index is -2.52. The van der Waals surface area contributed by atoms with Gasteiger partial charge in [0.05, 0.1) is 0 Å². The summed E-state index contributed by atoms with van der Waals surface area (Å²) in [6, 6.07) is 0. The molecule has 1 atom stereocenters. The standard InChI is InChI=1S/C22H40F2O3/c1-3-5-6-10-14-18-22(23,24)19-15-12-9-7-8-11-13-17-21(27,16-4-2)20(25)26/h11,13,27H,3-10,12,14-19H2,1-2H3,(H,25,26)/b13-11+. The Hall–Kier alpha value is -0.970. The van der Waals surface area contributed by atoms with E-state index in [1.54, 1.807) is 6.08 Å². The highest BCUT2D eigenvalue weighted by Gasteiger charge is 2.33. The second-order valence-electron chi connectivity index (χ2n) is 7.74. The number of allylic oxidation sites excluding steroid dienone is 1. The van der Waals surface area contributed by atoms with Crippen LogP contribution >= 0.6 is 0 Å². The second kappa shape index (κ2) is 15.0. The molecule has 5 heteroatoms. The Balaban J connectivity index is 3.74. The number of rotatable bonds is 18. The third kappa shape index (κ3) is 13.8. The van der Waals surface area contributed by atoms with Crippen molar-refractivity contribution >= 4 is 5.97 Å². The number of alkyl halides is 2. The summed E-state index contributed by atoms with van der Waals surface area (Å²) in [7, 11) is 0. The van der Waals surface area contributed by atoms with Crippen molar-refractivity contribution in [2.45, 2.75) is 122 Å². The highest BCUT2D eigenvalue weighted by molar-refractivity contribution is 5.77. The Morgan fingerprint density at radius 2 is 1.37 bits per heavy atom. The summed E-state index contributed by atoms with van der Waals surface area (Å²) in [5.74, 6) is -3.70. The van der Waals surface area contributed by atoms with Crippen LogP contribution in [0.4, 0.5) is 8.78 Å². The summed E-state index contributed by atoms with van der Waals surface area (Å²) in [6.45, 7) is 3.96. The van der Waals surface area contributed by atoms with Crippen LogP contribution in [0.15, 0.2) is 12.2 Å². The quantitative estimate of drug-likeness (QED) is 0.198. The molecule has 0 aromatic rings. The van der Waals surface area contributed by atoms with Crippen LogP contribution in [0.3, 0.4) is 0 Å². The van der Waals surface area contributed by atoms with Crippen molar-refractivity contribution in [3.05, 3.63) is 12.2 Å². The fourth-order valence-corrected chi connectivity index (χ4v) is 3.22. The molecule has 0 aliphatic carbocycles. The van der Waals surface area contributed by atoms with E-state index in [1.807, 2.05) is 13.0 Å². The number of aliphatic carboxylic acids is 1. The molecule has 27 heavy (non-hydrogen) atoms. The third-order valence-electron chi connectivity index (χ3n) is 4.99. The maximum atomic E-state index is 13.8. The van der Waals surface area contributed by atoms with Gasteiger partial charge in [-0.05, 0) is 32.1 Å². The Kier molecular flexibility index (Phi) is 14.5. The van der Waals surface area contributed by atoms with Crippen LogP contribution in [0.2, 0.25) is 0 Å². The summed E-state index contributed by atoms with van der Waals surface area (Å²) >= 11 is 0. The maximum absolute atomic E-state index is 13.8. The monoisotopic (exact) mass is 390 g/mol. The fraction of sp³-hybridized carbons (Fsp3) is 0.864. The number of unbranched alkanes of at least 4 members (excludes halogenated alkanes) is 8. The molecule has 0 fully saturated rings. The topological polar surface area (TPSA) is 57.5 Å². The van der Waals surface area contributed by atoms with Crippen molar-refractivity contribution in [2.24, 2.45) is 0 Å². The van der Waals surface area contributed by atoms with Gasteiger partial charge in [0.1, 0.15) is 0 Å². The molecule has 0 aliphatic rings. The van der Waals surface area contributed by atoms with Crippen molar-refractivity contribution in [1.29, 1.82) is 0 Å². The number of aliphatic hydroxyl groups is 1. The molecule has 3 nitrogen and oxygen atoms in total. The minimum Gasteiger partial charge on any atom is -0.479 e. The largest absolute Gasteiger partial charge is 0.479 e. The zero-order chi connectivity index (χ0) is 20.6. The van der Waals surface area contributed by atoms with Gasteiger partial charge in [0, 0.05) is 19.3 Å². The molecule has 2 N–H and O–H groups in total. The molecule has 0 aromatic carbocycles. The Bertz CT molecular complexity index is 410. The fourth-order valence-electron chi connectivity index (χ4n) is 3.22. The van der Waals surface area contributed by atoms with Gasteiger partial charge in [-0.3, -0.25) is 0 Å². The Morgan fingerprint density at radius 3 is 1.89 bits per heavy atom. The average molecular weight is 391 g/mol. The lowest BCUT2D eigenvalue weighted by atomic mass is 9.94. The smallest absolute Gasteiger partial charge is 0.335 e. The van der Waals surface area contributed by atoms with Crippen molar-refractivity contribution < 1.29 is 23.8 Å². The van der Waals surface area contributed by atoms with E-state index in [0.717, 1.165) is 51.4 Å². The molecular formula is C22H40F2O3. The number of hydrogen-bond acceptors (Lipinski definition) is 2. The zero-order valence-electron chi connectivity index (χ0n) is 17.3. The molecule has 0 aromatic heterocycles. The van der Waals surface area contributed by atoms with E-state index in [1.165, 1.54) is 0 Å². The van der Waals surface area contributed by atoms with Gasteiger partial charge < -0.3 is 10.2 Å². The summed E-state index contributed by atoms with van der Waals surface area (Å²) in [5.41, 5.74) is -1.67. The van der Waals surface area contributed by atoms with Gasteiger partial charge in [-0.25, -0.2) is 13.6 Å². The van der Waals surface area contributed by atoms with Gasteiger partial charge in [0.15, 0.2) is 5.60 Å². The lowest BCUT2D eigenvalue weighted by Gasteiger charge is -2.20. The molecule has 0 heterocycles. The van der Waals surface area contributed by atoms with E-state index in [0.29, 0.717) is 19.3 Å². The van der Waals surface area contributed by atoms with Crippen LogP contribution in [-0.4, -0.2) is 27.7 Å². The Morgan fingerprint density at radius 1 is 0.815 bits per heavy atom. The van der Waals surface area contributed by atoms with E-state index in [2.05, 4.69) is 6.92 Å². The van der Waals surface area contributed by atoms with Crippen molar-refractivity contribution in [3.8, 4) is 0 Å². The SMILES string of the molecule is CCCCCCCC(F)(F)CCCCCC/C=C/CC(O)(CCC)C(=O)O. The van der Waals surface area contributed by atoms with Crippen molar-refractivity contribution in [2.75, 3.05) is 0 Å². The van der Waals surface area contributed by atoms with E-state index >= 15 is 0 Å². The summed E-state index contributed by atoms with van der Waals surface area (Å²) in [4.78, 5) is 11.1. The highest BCUT2D eigenvalue weighted by atomic mass is 19.3. The van der Waals surface area contributed by atoms with Crippen molar-refractivity contribution in [1.82, 2.24) is 0 Å². The van der Waals surface area contributed by atoms with Gasteiger partial charge in [-0.1, -0.05) is 70.9 Å². The first-order valence-corrected chi connectivity index (χ1v) is 10.8. The van der Waals surface area contributed by atoms with Crippen molar-refractivity contribution in [3.63, 3.8) is 0 Å². The molecule has 0 saturated carbocycles. The Labute approximate surface area is 164 Å². The van der Waals surface area contributed by atoms with Gasteiger partial charge in [0.2, 0.25) is 5.92 Å². The molecule has 0 amide bonds. The molecule has 1 unspecified atom stereocenters. The first-order chi connectivity index (χ1) is 12.8. The van der Waals surface area contributed by atoms with Crippen LogP contribution in [0.1, 0.15) is 110 Å². The molecular weight excluding hydrogens is 350 g/mol. The van der Waals surface area contributed by atoms with E-state index in [-0.39, 0.29) is 25.7 Å². The predicted octanol–water partition coefficient (Wildman–Crippen LogP) is 6.88. The number of hydrogen-bond donors (Lipinski definition) is 2. The number of carboxylic acid groups (broad SMARTS) is 1. The summed E-state index contributed by atoms with van der Waals surface area (Å²) in [6.07, 6.45) is 13.4. The molecule has 0 saturated heterocycles. The van der Waals surface area contributed by atoms with Gasteiger partial charge >= 0.3 is 5.97 Å². The molecule has 0 rings (SSSR count). The molecule has 0 aliphatic heterocycles. The van der Waals surface area contributed by atoms with E-state index < -0.39 is 17.5 Å². The zero-order valence-corrected chi connectivity index (χ0v) is 17.3. The lowest BCUT2D eigenvalue weighted by molar-refractivity contribution is -0.158. The first-order valence-electron chi connectivity index (χ1n) is 10.8. The van der Waals surface area contributed by atoms with E-state index in [9.17, 15) is 18.7 Å². The molecule has 160 valence electrons. The van der Waals surface area contributed by atoms with Crippen LogP contribution in [0.5, 0.6) is 0 Å². The second-order valence-corrected chi connectivity index (χ2v) is 7.74. The predicted molar refractivity (Wildman–Crippen MR) is 107 cm³/mol. The molecule has 0 spiro atoms.